The van der Waals surface area contributed by atoms with Crippen LogP contribution in [0.1, 0.15) is 48.0 Å². The Morgan fingerprint density at radius 1 is 1.02 bits per heavy atom. The van der Waals surface area contributed by atoms with Gasteiger partial charge in [-0.15, -0.1) is 0 Å². The number of fused-ring (bicyclic) bond motifs is 1. The Labute approximate surface area is 260 Å². The molecule has 0 spiro atoms. The highest BCUT2D eigenvalue weighted by atomic mass is 32.2. The van der Waals surface area contributed by atoms with Gasteiger partial charge in [0.2, 0.25) is 4.74 Å². The van der Waals surface area contributed by atoms with E-state index in [1.807, 2.05) is 24.4 Å². The molecule has 5 rings (SSSR count). The van der Waals surface area contributed by atoms with Gasteiger partial charge in [0.05, 0.1) is 17.5 Å². The number of aromatic amines is 1. The molecule has 0 saturated carbocycles. The van der Waals surface area contributed by atoms with E-state index in [1.165, 1.54) is 18.2 Å². The summed E-state index contributed by atoms with van der Waals surface area (Å²) in [6.45, 7) is 5.39. The van der Waals surface area contributed by atoms with E-state index in [-0.39, 0.29) is 34.2 Å². The van der Waals surface area contributed by atoms with Crippen molar-refractivity contribution in [2.75, 3.05) is 11.3 Å². The Balaban J connectivity index is 1.14. The molecule has 1 amide bonds. The number of carbonyl (C=O) groups is 1. The number of aryl methyl sites for hydroxylation is 1. The average molecular weight is 634 g/mol. The minimum atomic E-state index is -3.73. The molecule has 2 heterocycles. The second-order valence-electron chi connectivity index (χ2n) is 11.2. The molecule has 5 N–H and O–H groups in total. The molecule has 10 nitrogen and oxygen atoms in total. The van der Waals surface area contributed by atoms with Crippen LogP contribution in [0.3, 0.4) is 0 Å². The van der Waals surface area contributed by atoms with Crippen LogP contribution in [0.2, 0.25) is 0 Å². The zero-order chi connectivity index (χ0) is 31.3. The molecule has 3 aromatic carbocycles. The maximum Gasteiger partial charge on any atom is 0.261 e. The number of β-amino-alcohol motifs (C(OH)–C–C–N with tert-alkyl or cyclic N) is 1. The van der Waals surface area contributed by atoms with Gasteiger partial charge >= 0.3 is 0 Å². The minimum absolute atomic E-state index is 0.0800. The smallest absolute Gasteiger partial charge is 0.261 e. The van der Waals surface area contributed by atoms with Gasteiger partial charge in [0.1, 0.15) is 0 Å². The molecule has 2 aromatic heterocycles. The summed E-state index contributed by atoms with van der Waals surface area (Å²) < 4.78 is 32.9. The van der Waals surface area contributed by atoms with Crippen LogP contribution in [0.5, 0.6) is 0 Å². The predicted molar refractivity (Wildman–Crippen MR) is 173 cm³/mol. The quantitative estimate of drug-likeness (QED) is 0.128. The van der Waals surface area contributed by atoms with E-state index in [9.17, 15) is 23.1 Å². The number of aliphatic hydroxyl groups excluding tert-OH is 1. The molecule has 44 heavy (non-hydrogen) atoms. The SMILES string of the molecule is CC(C)(CCn1ccc2cc(C(=O)NCc3cc(=O)s[nH]3)ccc21)NC[C@H](O)c1cccc(NS(=O)(=O)c2ccccc2)c1. The summed E-state index contributed by atoms with van der Waals surface area (Å²) >= 11 is 0.995. The summed E-state index contributed by atoms with van der Waals surface area (Å²) in [5, 5.41) is 18.1. The molecule has 0 aliphatic heterocycles. The standard InChI is InChI=1S/C32H35N5O5S2/c1-32(2,34-21-29(38)23-7-6-8-25(18-23)36-44(41,42)27-9-4-3-5-10-27)14-16-37-15-13-22-17-24(11-12-28(22)37)31(40)33-20-26-19-30(39)43-35-26/h3-13,15,17-19,29,34-36,38H,14,16,20-21H2,1-2H3,(H,33,40)/t29-/m0/s1. The number of hydrogen-bond donors (Lipinski definition) is 5. The summed E-state index contributed by atoms with van der Waals surface area (Å²) in [5.41, 5.74) is 2.89. The molecule has 0 aliphatic carbocycles. The van der Waals surface area contributed by atoms with Crippen LogP contribution in [0.15, 0.2) is 101 Å². The number of H-pyrrole nitrogens is 1. The molecule has 0 unspecified atom stereocenters. The van der Waals surface area contributed by atoms with E-state index in [4.69, 9.17) is 0 Å². The number of amides is 1. The van der Waals surface area contributed by atoms with Crippen LogP contribution in [-0.4, -0.2) is 40.5 Å². The van der Waals surface area contributed by atoms with Crippen molar-refractivity contribution in [2.24, 2.45) is 0 Å². The maximum absolute atomic E-state index is 12.7. The summed E-state index contributed by atoms with van der Waals surface area (Å²) in [5.74, 6) is -0.213. The van der Waals surface area contributed by atoms with E-state index in [2.05, 4.69) is 38.1 Å². The topological polar surface area (TPSA) is 145 Å². The molecule has 5 aromatic rings. The number of aromatic nitrogens is 2. The predicted octanol–water partition coefficient (Wildman–Crippen LogP) is 4.61. The Hall–Kier alpha value is -4.23. The number of sulfonamides is 1. The van der Waals surface area contributed by atoms with Crippen LogP contribution >= 0.6 is 11.5 Å². The van der Waals surface area contributed by atoms with Crippen molar-refractivity contribution in [2.45, 2.75) is 49.9 Å². The van der Waals surface area contributed by atoms with Gasteiger partial charge in [-0.3, -0.25) is 14.3 Å². The van der Waals surface area contributed by atoms with Gasteiger partial charge in [0.25, 0.3) is 15.9 Å². The van der Waals surface area contributed by atoms with Gasteiger partial charge in [-0.05, 0) is 85.9 Å². The fourth-order valence-electron chi connectivity index (χ4n) is 4.82. The molecule has 0 saturated heterocycles. The van der Waals surface area contributed by atoms with E-state index in [0.717, 1.165) is 28.9 Å². The number of nitrogens with one attached hydrogen (secondary N) is 4. The third-order valence-corrected chi connectivity index (χ3v) is 9.46. The third kappa shape index (κ3) is 7.83. The van der Waals surface area contributed by atoms with E-state index in [0.29, 0.717) is 29.1 Å². The van der Waals surface area contributed by atoms with Gasteiger partial charge in [0.15, 0.2) is 0 Å². The molecule has 0 radical (unpaired) electrons. The van der Waals surface area contributed by atoms with Gasteiger partial charge in [-0.25, -0.2) is 8.42 Å². The molecule has 0 bridgehead atoms. The van der Waals surface area contributed by atoms with Crippen LogP contribution < -0.4 is 20.1 Å². The molecular weight excluding hydrogens is 599 g/mol. The molecule has 0 aliphatic rings. The van der Waals surface area contributed by atoms with Gasteiger partial charge in [-0.1, -0.05) is 30.3 Å². The highest BCUT2D eigenvalue weighted by Crippen LogP contribution is 2.23. The lowest BCUT2D eigenvalue weighted by Gasteiger charge is -2.28. The third-order valence-electron chi connectivity index (χ3n) is 7.38. The molecule has 230 valence electrons. The van der Waals surface area contributed by atoms with Crippen LogP contribution in [0.25, 0.3) is 10.9 Å². The number of hydrogen-bond acceptors (Lipinski definition) is 7. The lowest BCUT2D eigenvalue weighted by molar-refractivity contribution is 0.0950. The first kappa shape index (κ1) is 31.2. The summed E-state index contributed by atoms with van der Waals surface area (Å²) in [6.07, 6.45) is 1.92. The molecule has 0 fully saturated rings. The Kier molecular flexibility index (Phi) is 9.35. The summed E-state index contributed by atoms with van der Waals surface area (Å²) in [7, 11) is -3.73. The molecular formula is C32H35N5O5S2. The Morgan fingerprint density at radius 2 is 1.82 bits per heavy atom. The van der Waals surface area contributed by atoms with Gasteiger partial charge in [0, 0.05) is 58.7 Å². The van der Waals surface area contributed by atoms with Gasteiger partial charge in [-0.2, -0.15) is 0 Å². The lowest BCUT2D eigenvalue weighted by atomic mass is 9.99. The van der Waals surface area contributed by atoms with E-state index >= 15 is 0 Å². The van der Waals surface area contributed by atoms with Crippen LogP contribution in [-0.2, 0) is 23.1 Å². The molecule has 12 heteroatoms. The number of anilines is 1. The monoisotopic (exact) mass is 633 g/mol. The first-order valence-corrected chi connectivity index (χ1v) is 16.4. The van der Waals surface area contributed by atoms with Crippen molar-refractivity contribution < 1.29 is 18.3 Å². The van der Waals surface area contributed by atoms with Crippen LogP contribution in [0, 0.1) is 0 Å². The highest BCUT2D eigenvalue weighted by molar-refractivity contribution is 7.92. The largest absolute Gasteiger partial charge is 0.387 e. The molecule has 1 atom stereocenters. The minimum Gasteiger partial charge on any atom is -0.387 e. The van der Waals surface area contributed by atoms with Crippen LogP contribution in [0.4, 0.5) is 5.69 Å². The van der Waals surface area contributed by atoms with Crippen molar-refractivity contribution in [3.8, 4) is 0 Å². The first-order chi connectivity index (χ1) is 21.0. The van der Waals surface area contributed by atoms with E-state index < -0.39 is 16.1 Å². The number of rotatable bonds is 13. The Bertz CT molecular complexity index is 1910. The number of nitrogens with zero attached hydrogens (tertiary/aromatic N) is 1. The van der Waals surface area contributed by atoms with Crippen molar-refractivity contribution in [1.29, 1.82) is 0 Å². The fourth-order valence-corrected chi connectivity index (χ4v) is 6.45. The first-order valence-electron chi connectivity index (χ1n) is 14.1. The van der Waals surface area contributed by atoms with Crippen molar-refractivity contribution in [1.82, 2.24) is 19.6 Å². The Morgan fingerprint density at radius 3 is 2.57 bits per heavy atom. The van der Waals surface area contributed by atoms with Crippen molar-refractivity contribution >= 4 is 44.1 Å². The number of benzene rings is 3. The average Bonchev–Trinajstić information content (AvgIpc) is 3.63. The van der Waals surface area contributed by atoms with Crippen molar-refractivity contribution in [3.63, 3.8) is 0 Å². The number of carbonyl (C=O) groups excluding carboxylic acids is 1. The second kappa shape index (κ2) is 13.2. The van der Waals surface area contributed by atoms with E-state index in [1.54, 1.807) is 48.5 Å². The fraction of sp³-hybridized carbons (Fsp3) is 0.250. The summed E-state index contributed by atoms with van der Waals surface area (Å²) in [6, 6.07) is 23.9. The zero-order valence-electron chi connectivity index (χ0n) is 24.4. The summed E-state index contributed by atoms with van der Waals surface area (Å²) in [4.78, 5) is 24.1. The maximum atomic E-state index is 12.7. The lowest BCUT2D eigenvalue weighted by Crippen LogP contribution is -2.42. The zero-order valence-corrected chi connectivity index (χ0v) is 26.0. The van der Waals surface area contributed by atoms with Gasteiger partial charge < -0.3 is 24.7 Å². The highest BCUT2D eigenvalue weighted by Gasteiger charge is 2.21. The second-order valence-corrected chi connectivity index (χ2v) is 13.7. The normalized spacial score (nSPS) is 12.7. The van der Waals surface area contributed by atoms with Crippen molar-refractivity contribution in [3.05, 3.63) is 117 Å². The number of aliphatic hydroxyl groups is 1.